The van der Waals surface area contributed by atoms with E-state index in [1.54, 1.807) is 0 Å². The summed E-state index contributed by atoms with van der Waals surface area (Å²) in [5.41, 5.74) is -0.142. The molecule has 8 heteroatoms. The lowest BCUT2D eigenvalue weighted by Gasteiger charge is -2.42. The maximum Gasteiger partial charge on any atom is 0.358 e. The van der Waals surface area contributed by atoms with E-state index in [2.05, 4.69) is 22.1 Å². The van der Waals surface area contributed by atoms with Crippen molar-refractivity contribution in [3.63, 3.8) is 0 Å². The Morgan fingerprint density at radius 2 is 2.24 bits per heavy atom. The van der Waals surface area contributed by atoms with Gasteiger partial charge in [0.1, 0.15) is 6.54 Å². The molecule has 114 valence electrons. The number of aromatic carboxylic acids is 1. The molecule has 1 N–H and O–H groups in total. The maximum absolute atomic E-state index is 12.4. The Labute approximate surface area is 122 Å². The van der Waals surface area contributed by atoms with Crippen LogP contribution in [0.1, 0.15) is 30.3 Å². The predicted octanol–water partition coefficient (Wildman–Crippen LogP) is -0.329. The molecule has 2 unspecified atom stereocenters. The van der Waals surface area contributed by atoms with Gasteiger partial charge in [-0.15, -0.1) is 5.10 Å². The average Bonchev–Trinajstić information content (AvgIpc) is 3.05. The van der Waals surface area contributed by atoms with E-state index in [9.17, 15) is 9.59 Å². The molecule has 2 fully saturated rings. The molecule has 21 heavy (non-hydrogen) atoms. The second kappa shape index (κ2) is 5.44. The highest BCUT2D eigenvalue weighted by Gasteiger charge is 2.36. The summed E-state index contributed by atoms with van der Waals surface area (Å²) in [5, 5.41) is 16.0. The van der Waals surface area contributed by atoms with Gasteiger partial charge in [0.05, 0.1) is 6.20 Å². The first-order valence-electron chi connectivity index (χ1n) is 7.21. The van der Waals surface area contributed by atoms with Gasteiger partial charge in [0.25, 0.3) is 0 Å². The van der Waals surface area contributed by atoms with Crippen molar-refractivity contribution < 1.29 is 14.7 Å². The van der Waals surface area contributed by atoms with Gasteiger partial charge in [-0.3, -0.25) is 9.69 Å². The predicted molar refractivity (Wildman–Crippen MR) is 72.8 cm³/mol. The van der Waals surface area contributed by atoms with Crippen LogP contribution in [0.25, 0.3) is 0 Å². The molecule has 3 rings (SSSR count). The van der Waals surface area contributed by atoms with Crippen LogP contribution < -0.4 is 0 Å². The fourth-order valence-corrected chi connectivity index (χ4v) is 3.24. The Morgan fingerprint density at radius 3 is 2.95 bits per heavy atom. The summed E-state index contributed by atoms with van der Waals surface area (Å²) >= 11 is 0. The average molecular weight is 293 g/mol. The van der Waals surface area contributed by atoms with Gasteiger partial charge in [-0.25, -0.2) is 9.48 Å². The minimum Gasteiger partial charge on any atom is -0.476 e. The maximum atomic E-state index is 12.4. The van der Waals surface area contributed by atoms with E-state index in [0.29, 0.717) is 6.04 Å². The highest BCUT2D eigenvalue weighted by Crippen LogP contribution is 2.24. The van der Waals surface area contributed by atoms with E-state index < -0.39 is 5.97 Å². The molecular formula is C13H19N5O3. The van der Waals surface area contributed by atoms with Crippen molar-refractivity contribution in [2.24, 2.45) is 0 Å². The Kier molecular flexibility index (Phi) is 3.62. The molecule has 0 aliphatic carbocycles. The number of carbonyl (C=O) groups is 2. The molecule has 0 radical (unpaired) electrons. The molecule has 0 spiro atoms. The number of fused-ring (bicyclic) bond motifs is 1. The Morgan fingerprint density at radius 1 is 1.43 bits per heavy atom. The summed E-state index contributed by atoms with van der Waals surface area (Å²) in [7, 11) is 0. The second-order valence-electron chi connectivity index (χ2n) is 5.79. The Balaban J connectivity index is 1.65. The second-order valence-corrected chi connectivity index (χ2v) is 5.79. The third kappa shape index (κ3) is 2.76. The van der Waals surface area contributed by atoms with Crippen molar-refractivity contribution in [2.45, 2.75) is 38.4 Å². The normalized spacial score (nSPS) is 25.9. The first-order valence-corrected chi connectivity index (χ1v) is 7.21. The minimum atomic E-state index is -1.14. The van der Waals surface area contributed by atoms with Crippen molar-refractivity contribution in [1.29, 1.82) is 0 Å². The zero-order chi connectivity index (χ0) is 15.0. The van der Waals surface area contributed by atoms with E-state index >= 15 is 0 Å². The van der Waals surface area contributed by atoms with Crippen LogP contribution in [0.4, 0.5) is 0 Å². The van der Waals surface area contributed by atoms with Gasteiger partial charge in [0, 0.05) is 25.2 Å². The lowest BCUT2D eigenvalue weighted by molar-refractivity contribution is -0.137. The van der Waals surface area contributed by atoms with Gasteiger partial charge >= 0.3 is 5.97 Å². The van der Waals surface area contributed by atoms with Crippen molar-refractivity contribution >= 4 is 11.9 Å². The highest BCUT2D eigenvalue weighted by atomic mass is 16.4. The van der Waals surface area contributed by atoms with Crippen LogP contribution in [-0.2, 0) is 11.3 Å². The Hall–Kier alpha value is -1.96. The monoisotopic (exact) mass is 293 g/mol. The molecule has 1 aromatic rings. The first kappa shape index (κ1) is 14.0. The van der Waals surface area contributed by atoms with E-state index in [-0.39, 0.29) is 24.2 Å². The molecule has 3 heterocycles. The van der Waals surface area contributed by atoms with Crippen molar-refractivity contribution in [3.8, 4) is 0 Å². The van der Waals surface area contributed by atoms with E-state index in [1.165, 1.54) is 17.3 Å². The van der Waals surface area contributed by atoms with E-state index in [0.717, 1.165) is 26.1 Å². The van der Waals surface area contributed by atoms with Crippen LogP contribution in [0.5, 0.6) is 0 Å². The molecule has 0 bridgehead atoms. The van der Waals surface area contributed by atoms with Crippen LogP contribution in [0.15, 0.2) is 6.20 Å². The molecule has 2 saturated heterocycles. The zero-order valence-corrected chi connectivity index (χ0v) is 12.0. The molecule has 0 saturated carbocycles. The van der Waals surface area contributed by atoms with E-state index in [4.69, 9.17) is 5.11 Å². The fourth-order valence-electron chi connectivity index (χ4n) is 3.24. The summed E-state index contributed by atoms with van der Waals surface area (Å²) in [6.45, 7) is 4.88. The first-order chi connectivity index (χ1) is 10.0. The van der Waals surface area contributed by atoms with Gasteiger partial charge in [0.15, 0.2) is 5.69 Å². The summed E-state index contributed by atoms with van der Waals surface area (Å²) in [6, 6.07) is 0.643. The lowest BCUT2D eigenvalue weighted by atomic mass is 10.1. The molecular weight excluding hydrogens is 274 g/mol. The minimum absolute atomic E-state index is 0.0316. The molecule has 1 amide bonds. The van der Waals surface area contributed by atoms with Crippen LogP contribution in [-0.4, -0.2) is 73.5 Å². The number of piperazine rings is 1. The molecule has 2 aliphatic heterocycles. The van der Waals surface area contributed by atoms with Gasteiger partial charge in [-0.1, -0.05) is 5.21 Å². The SMILES string of the molecule is CC1CN2CCCC2CN1C(=O)Cn1cc(C(=O)O)nn1. The van der Waals surface area contributed by atoms with Crippen molar-refractivity contribution in [1.82, 2.24) is 24.8 Å². The number of hydrogen-bond acceptors (Lipinski definition) is 5. The third-order valence-electron chi connectivity index (χ3n) is 4.31. The summed E-state index contributed by atoms with van der Waals surface area (Å²) in [4.78, 5) is 27.5. The largest absolute Gasteiger partial charge is 0.476 e. The van der Waals surface area contributed by atoms with Crippen molar-refractivity contribution in [3.05, 3.63) is 11.9 Å². The highest BCUT2D eigenvalue weighted by molar-refractivity contribution is 5.84. The number of rotatable bonds is 3. The quantitative estimate of drug-likeness (QED) is 0.820. The Bertz CT molecular complexity index is 558. The standard InChI is InChI=1S/C13H19N5O3/c1-9-5-16-4-2-3-10(16)6-18(9)12(19)8-17-7-11(13(20)21)14-15-17/h7,9-10H,2-6,8H2,1H3,(H,20,21). The summed E-state index contributed by atoms with van der Waals surface area (Å²) in [6.07, 6.45) is 3.63. The lowest BCUT2D eigenvalue weighted by Crippen LogP contribution is -2.57. The molecule has 2 atom stereocenters. The number of hydrogen-bond donors (Lipinski definition) is 1. The number of carboxylic acids is 1. The smallest absolute Gasteiger partial charge is 0.358 e. The molecule has 0 aromatic carbocycles. The summed E-state index contributed by atoms with van der Waals surface area (Å²) in [5.74, 6) is -1.17. The number of amides is 1. The number of nitrogens with zero attached hydrogens (tertiary/aromatic N) is 5. The topological polar surface area (TPSA) is 91.6 Å². The molecule has 1 aromatic heterocycles. The van der Waals surface area contributed by atoms with Crippen LogP contribution >= 0.6 is 0 Å². The molecule has 8 nitrogen and oxygen atoms in total. The van der Waals surface area contributed by atoms with Gasteiger partial charge < -0.3 is 10.0 Å². The van der Waals surface area contributed by atoms with Crippen LogP contribution in [0.3, 0.4) is 0 Å². The summed E-state index contributed by atoms with van der Waals surface area (Å²) < 4.78 is 1.29. The zero-order valence-electron chi connectivity index (χ0n) is 12.0. The van der Waals surface area contributed by atoms with Gasteiger partial charge in [0.2, 0.25) is 5.91 Å². The number of aromatic nitrogens is 3. The number of carbonyl (C=O) groups excluding carboxylic acids is 1. The fraction of sp³-hybridized carbons (Fsp3) is 0.692. The number of carboxylic acid groups (broad SMARTS) is 1. The van der Waals surface area contributed by atoms with Crippen LogP contribution in [0.2, 0.25) is 0 Å². The van der Waals surface area contributed by atoms with Crippen molar-refractivity contribution in [2.75, 3.05) is 19.6 Å². The van der Waals surface area contributed by atoms with Gasteiger partial charge in [-0.2, -0.15) is 0 Å². The third-order valence-corrected chi connectivity index (χ3v) is 4.31. The molecule has 2 aliphatic rings. The van der Waals surface area contributed by atoms with E-state index in [1.807, 2.05) is 4.90 Å². The van der Waals surface area contributed by atoms with Gasteiger partial charge in [-0.05, 0) is 26.3 Å². The van der Waals surface area contributed by atoms with Crippen LogP contribution in [0, 0.1) is 0 Å².